The monoisotopic (exact) mass is 272 g/mol. The Morgan fingerprint density at radius 1 is 1.32 bits per heavy atom. The Labute approximate surface area is 118 Å². The molecule has 3 heteroatoms. The summed E-state index contributed by atoms with van der Waals surface area (Å²) < 4.78 is 0. The van der Waals surface area contributed by atoms with Crippen LogP contribution in [0, 0.1) is 0 Å². The molecule has 0 spiro atoms. The van der Waals surface area contributed by atoms with Crippen molar-refractivity contribution in [1.82, 2.24) is 10.3 Å². The van der Waals surface area contributed by atoms with Crippen molar-refractivity contribution < 1.29 is 0 Å². The fourth-order valence-electron chi connectivity index (χ4n) is 2.66. The van der Waals surface area contributed by atoms with Crippen LogP contribution in [-0.2, 0) is 0 Å². The van der Waals surface area contributed by atoms with Gasteiger partial charge in [-0.15, -0.1) is 11.3 Å². The molecule has 19 heavy (non-hydrogen) atoms. The Balaban J connectivity index is 1.81. The zero-order valence-electron chi connectivity index (χ0n) is 11.3. The van der Waals surface area contributed by atoms with E-state index in [1.807, 2.05) is 11.7 Å². The third-order valence-corrected chi connectivity index (χ3v) is 4.83. The molecule has 1 aromatic heterocycles. The molecule has 1 heterocycles. The first kappa shape index (κ1) is 12.8. The van der Waals surface area contributed by atoms with Gasteiger partial charge in [0.15, 0.2) is 0 Å². The molecule has 0 saturated heterocycles. The zero-order chi connectivity index (χ0) is 13.1. The summed E-state index contributed by atoms with van der Waals surface area (Å²) in [5.74, 6) is 0.815. The van der Waals surface area contributed by atoms with Crippen LogP contribution >= 0.6 is 11.3 Å². The van der Waals surface area contributed by atoms with Crippen LogP contribution in [0.1, 0.15) is 54.1 Å². The molecule has 3 rings (SSSR count). The summed E-state index contributed by atoms with van der Waals surface area (Å²) in [6.45, 7) is 3.11. The van der Waals surface area contributed by atoms with Gasteiger partial charge < -0.3 is 5.32 Å². The lowest BCUT2D eigenvalue weighted by atomic mass is 9.80. The highest BCUT2D eigenvalue weighted by Gasteiger charge is 2.20. The SMILES string of the molecule is CCNC(c1ccc(C2CCC2)cc1)c1cncs1. The number of hydrogen-bond donors (Lipinski definition) is 1. The number of hydrogen-bond acceptors (Lipinski definition) is 3. The summed E-state index contributed by atoms with van der Waals surface area (Å²) in [6, 6.07) is 9.46. The van der Waals surface area contributed by atoms with Gasteiger partial charge in [0, 0.05) is 11.1 Å². The first-order valence-electron chi connectivity index (χ1n) is 7.10. The van der Waals surface area contributed by atoms with E-state index in [1.165, 1.54) is 35.3 Å². The number of thiazole rings is 1. The molecule has 0 aliphatic heterocycles. The van der Waals surface area contributed by atoms with E-state index in [4.69, 9.17) is 0 Å². The summed E-state index contributed by atoms with van der Waals surface area (Å²) in [7, 11) is 0. The molecule has 1 aliphatic carbocycles. The van der Waals surface area contributed by atoms with Crippen molar-refractivity contribution in [3.63, 3.8) is 0 Å². The van der Waals surface area contributed by atoms with E-state index in [0.29, 0.717) is 0 Å². The second-order valence-electron chi connectivity index (χ2n) is 5.19. The largest absolute Gasteiger partial charge is 0.306 e. The van der Waals surface area contributed by atoms with E-state index in [1.54, 1.807) is 11.3 Å². The Morgan fingerprint density at radius 2 is 2.11 bits per heavy atom. The maximum Gasteiger partial charge on any atom is 0.0794 e. The van der Waals surface area contributed by atoms with Crippen molar-refractivity contribution in [2.45, 2.75) is 38.1 Å². The topological polar surface area (TPSA) is 24.9 Å². The highest BCUT2D eigenvalue weighted by Crippen LogP contribution is 2.37. The summed E-state index contributed by atoms with van der Waals surface area (Å²) in [6.07, 6.45) is 6.10. The van der Waals surface area contributed by atoms with E-state index in [-0.39, 0.29) is 6.04 Å². The van der Waals surface area contributed by atoms with Gasteiger partial charge in [0.05, 0.1) is 11.6 Å². The van der Waals surface area contributed by atoms with Gasteiger partial charge in [0.25, 0.3) is 0 Å². The summed E-state index contributed by atoms with van der Waals surface area (Å²) in [5, 5.41) is 3.55. The molecular weight excluding hydrogens is 252 g/mol. The Bertz CT molecular complexity index is 500. The second-order valence-corrected chi connectivity index (χ2v) is 6.11. The van der Waals surface area contributed by atoms with E-state index >= 15 is 0 Å². The molecule has 1 aliphatic rings. The predicted molar refractivity (Wildman–Crippen MR) is 80.7 cm³/mol. The fraction of sp³-hybridized carbons (Fsp3) is 0.438. The van der Waals surface area contributed by atoms with Crippen molar-refractivity contribution in [2.75, 3.05) is 6.54 Å². The quantitative estimate of drug-likeness (QED) is 0.886. The van der Waals surface area contributed by atoms with E-state index < -0.39 is 0 Å². The number of nitrogens with one attached hydrogen (secondary N) is 1. The third kappa shape index (κ3) is 2.72. The minimum absolute atomic E-state index is 0.285. The first-order chi connectivity index (χ1) is 9.38. The van der Waals surface area contributed by atoms with Gasteiger partial charge in [0.2, 0.25) is 0 Å². The van der Waals surface area contributed by atoms with Crippen molar-refractivity contribution in [3.05, 3.63) is 52.0 Å². The van der Waals surface area contributed by atoms with Crippen LogP contribution in [0.4, 0.5) is 0 Å². The molecule has 1 unspecified atom stereocenters. The first-order valence-corrected chi connectivity index (χ1v) is 7.98. The third-order valence-electron chi connectivity index (χ3n) is 3.99. The Morgan fingerprint density at radius 3 is 2.63 bits per heavy atom. The van der Waals surface area contributed by atoms with Gasteiger partial charge in [-0.2, -0.15) is 0 Å². The molecule has 2 nitrogen and oxygen atoms in total. The fourth-order valence-corrected chi connectivity index (χ4v) is 3.38. The minimum atomic E-state index is 0.285. The number of nitrogens with zero attached hydrogens (tertiary/aromatic N) is 1. The molecule has 1 atom stereocenters. The van der Waals surface area contributed by atoms with Crippen LogP contribution in [0.3, 0.4) is 0 Å². The summed E-state index contributed by atoms with van der Waals surface area (Å²) in [4.78, 5) is 5.49. The molecule has 1 saturated carbocycles. The average molecular weight is 272 g/mol. The number of benzene rings is 1. The number of aromatic nitrogens is 1. The maximum atomic E-state index is 4.20. The second kappa shape index (κ2) is 5.85. The van der Waals surface area contributed by atoms with Crippen molar-refractivity contribution in [2.24, 2.45) is 0 Å². The summed E-state index contributed by atoms with van der Waals surface area (Å²) >= 11 is 1.72. The van der Waals surface area contributed by atoms with Crippen molar-refractivity contribution in [3.8, 4) is 0 Å². The van der Waals surface area contributed by atoms with Crippen LogP contribution in [0.15, 0.2) is 36.0 Å². The minimum Gasteiger partial charge on any atom is -0.306 e. The predicted octanol–water partition coefficient (Wildman–Crippen LogP) is 4.11. The normalized spacial score (nSPS) is 17.1. The molecule has 1 fully saturated rings. The molecule has 0 amide bonds. The molecule has 2 aromatic rings. The highest BCUT2D eigenvalue weighted by molar-refractivity contribution is 7.09. The van der Waals surface area contributed by atoms with E-state index in [2.05, 4.69) is 41.5 Å². The molecule has 1 aromatic carbocycles. The lowest BCUT2D eigenvalue weighted by Gasteiger charge is -2.26. The van der Waals surface area contributed by atoms with Gasteiger partial charge in [0.1, 0.15) is 0 Å². The lowest BCUT2D eigenvalue weighted by Crippen LogP contribution is -2.21. The van der Waals surface area contributed by atoms with Crippen LogP contribution in [0.5, 0.6) is 0 Å². The zero-order valence-corrected chi connectivity index (χ0v) is 12.1. The maximum absolute atomic E-state index is 4.20. The number of rotatable bonds is 5. The van der Waals surface area contributed by atoms with Crippen molar-refractivity contribution >= 4 is 11.3 Å². The molecule has 0 bridgehead atoms. The highest BCUT2D eigenvalue weighted by atomic mass is 32.1. The van der Waals surface area contributed by atoms with Crippen LogP contribution in [-0.4, -0.2) is 11.5 Å². The lowest BCUT2D eigenvalue weighted by molar-refractivity contribution is 0.419. The molecule has 0 radical (unpaired) electrons. The molecular formula is C16H20N2S. The van der Waals surface area contributed by atoms with Crippen molar-refractivity contribution in [1.29, 1.82) is 0 Å². The van der Waals surface area contributed by atoms with Gasteiger partial charge in [-0.25, -0.2) is 0 Å². The van der Waals surface area contributed by atoms with Gasteiger partial charge in [-0.1, -0.05) is 37.6 Å². The van der Waals surface area contributed by atoms with Gasteiger partial charge in [-0.05, 0) is 36.4 Å². The van der Waals surface area contributed by atoms with Crippen LogP contribution in [0.25, 0.3) is 0 Å². The average Bonchev–Trinajstić information content (AvgIpc) is 2.89. The Hall–Kier alpha value is -1.19. The summed E-state index contributed by atoms with van der Waals surface area (Å²) in [5.41, 5.74) is 4.76. The molecule has 100 valence electrons. The smallest absolute Gasteiger partial charge is 0.0794 e. The molecule has 1 N–H and O–H groups in total. The van der Waals surface area contributed by atoms with E-state index in [9.17, 15) is 0 Å². The standard InChI is InChI=1S/C16H20N2S/c1-2-18-16(15-10-17-11-19-15)14-8-6-13(7-9-14)12-4-3-5-12/h6-12,16,18H,2-5H2,1H3. The van der Waals surface area contributed by atoms with Crippen LogP contribution < -0.4 is 5.32 Å². The Kier molecular flexibility index (Phi) is 3.95. The van der Waals surface area contributed by atoms with Crippen LogP contribution in [0.2, 0.25) is 0 Å². The van der Waals surface area contributed by atoms with Gasteiger partial charge in [-0.3, -0.25) is 4.98 Å². The van der Waals surface area contributed by atoms with Gasteiger partial charge >= 0.3 is 0 Å². The van der Waals surface area contributed by atoms with E-state index in [0.717, 1.165) is 12.5 Å².